The third-order valence-corrected chi connectivity index (χ3v) is 4.08. The van der Waals surface area contributed by atoms with Crippen LogP contribution in [0.5, 0.6) is 5.75 Å². The Labute approximate surface area is 142 Å². The minimum Gasteiger partial charge on any atom is -0.487 e. The van der Waals surface area contributed by atoms with Gasteiger partial charge in [0, 0.05) is 25.0 Å². The van der Waals surface area contributed by atoms with Crippen LogP contribution in [0.3, 0.4) is 0 Å². The molecule has 0 bridgehead atoms. The molecule has 0 fully saturated rings. The first kappa shape index (κ1) is 16.5. The van der Waals surface area contributed by atoms with Crippen molar-refractivity contribution in [1.82, 2.24) is 10.3 Å². The van der Waals surface area contributed by atoms with Gasteiger partial charge >= 0.3 is 0 Å². The molecule has 0 atom stereocenters. The van der Waals surface area contributed by atoms with E-state index in [1.54, 1.807) is 12.4 Å². The maximum atomic E-state index is 5.89. The fourth-order valence-electron chi connectivity index (χ4n) is 1.81. The first-order chi connectivity index (χ1) is 10.1. The number of rotatable bonds is 6. The Hall–Kier alpha value is -0.910. The van der Waals surface area contributed by atoms with Gasteiger partial charge in [0.15, 0.2) is 0 Å². The second-order valence-corrected chi connectivity index (χ2v) is 6.78. The first-order valence-electron chi connectivity index (χ1n) is 6.79. The van der Waals surface area contributed by atoms with Gasteiger partial charge in [-0.25, -0.2) is 0 Å². The van der Waals surface area contributed by atoms with E-state index in [-0.39, 0.29) is 0 Å². The van der Waals surface area contributed by atoms with E-state index in [1.807, 2.05) is 12.1 Å². The maximum absolute atomic E-state index is 5.89. The maximum Gasteiger partial charge on any atom is 0.148 e. The third-order valence-electron chi connectivity index (χ3n) is 2.91. The van der Waals surface area contributed by atoms with Gasteiger partial charge in [-0.2, -0.15) is 0 Å². The Morgan fingerprint density at radius 1 is 1.10 bits per heavy atom. The number of hydrogen-bond donors (Lipinski definition) is 1. The molecule has 21 heavy (non-hydrogen) atoms. The highest BCUT2D eigenvalue weighted by molar-refractivity contribution is 9.11. The molecule has 0 spiro atoms. The quantitative estimate of drug-likeness (QED) is 0.746. The number of benzene rings is 1. The van der Waals surface area contributed by atoms with Gasteiger partial charge in [-0.05, 0) is 67.3 Å². The van der Waals surface area contributed by atoms with Crippen LogP contribution in [0, 0.1) is 0 Å². The summed E-state index contributed by atoms with van der Waals surface area (Å²) in [6.07, 6.45) is 3.53. The van der Waals surface area contributed by atoms with Gasteiger partial charge in [0.2, 0.25) is 0 Å². The lowest BCUT2D eigenvalue weighted by Gasteiger charge is -2.14. The van der Waals surface area contributed by atoms with Crippen LogP contribution in [0.4, 0.5) is 0 Å². The molecule has 0 aliphatic rings. The molecule has 0 aliphatic heterocycles. The second kappa shape index (κ2) is 7.92. The number of nitrogens with one attached hydrogen (secondary N) is 1. The molecule has 1 heterocycles. The molecule has 112 valence electrons. The van der Waals surface area contributed by atoms with Crippen LogP contribution in [0.1, 0.15) is 25.0 Å². The molecule has 1 aromatic carbocycles. The molecule has 0 amide bonds. The number of ether oxygens (including phenoxy) is 1. The lowest BCUT2D eigenvalue weighted by Crippen LogP contribution is -2.21. The second-order valence-electron chi connectivity index (χ2n) is 5.07. The summed E-state index contributed by atoms with van der Waals surface area (Å²) in [4.78, 5) is 4.00. The molecule has 0 aliphatic carbocycles. The molecule has 5 heteroatoms. The van der Waals surface area contributed by atoms with Crippen molar-refractivity contribution in [2.75, 3.05) is 0 Å². The van der Waals surface area contributed by atoms with Crippen molar-refractivity contribution in [2.24, 2.45) is 0 Å². The molecule has 0 saturated carbocycles. The van der Waals surface area contributed by atoms with Crippen molar-refractivity contribution < 1.29 is 4.74 Å². The Morgan fingerprint density at radius 2 is 1.71 bits per heavy atom. The third kappa shape index (κ3) is 5.09. The van der Waals surface area contributed by atoms with Crippen LogP contribution in [0.15, 0.2) is 45.6 Å². The summed E-state index contributed by atoms with van der Waals surface area (Å²) < 4.78 is 7.79. The summed E-state index contributed by atoms with van der Waals surface area (Å²) in [5, 5.41) is 3.40. The lowest BCUT2D eigenvalue weighted by molar-refractivity contribution is 0.302. The normalized spacial score (nSPS) is 10.9. The lowest BCUT2D eigenvalue weighted by atomic mass is 10.2. The Balaban J connectivity index is 2.06. The van der Waals surface area contributed by atoms with Crippen LogP contribution < -0.4 is 10.1 Å². The number of hydrogen-bond acceptors (Lipinski definition) is 3. The summed E-state index contributed by atoms with van der Waals surface area (Å²) in [6.45, 7) is 5.62. The van der Waals surface area contributed by atoms with Gasteiger partial charge in [-0.15, -0.1) is 0 Å². The minimum atomic E-state index is 0.463. The first-order valence-corrected chi connectivity index (χ1v) is 8.38. The molecular weight excluding hydrogens is 396 g/mol. The monoisotopic (exact) mass is 412 g/mol. The van der Waals surface area contributed by atoms with Gasteiger partial charge in [-0.1, -0.05) is 13.8 Å². The summed E-state index contributed by atoms with van der Waals surface area (Å²) in [5.74, 6) is 0.820. The summed E-state index contributed by atoms with van der Waals surface area (Å²) >= 11 is 7.17. The Morgan fingerprint density at radius 3 is 2.29 bits per heavy atom. The van der Waals surface area contributed by atoms with Crippen molar-refractivity contribution >= 4 is 31.9 Å². The van der Waals surface area contributed by atoms with Crippen molar-refractivity contribution in [2.45, 2.75) is 33.0 Å². The zero-order chi connectivity index (χ0) is 15.2. The fraction of sp³-hybridized carbons (Fsp3) is 0.312. The number of nitrogens with zero attached hydrogens (tertiary/aromatic N) is 1. The van der Waals surface area contributed by atoms with Gasteiger partial charge in [0.05, 0.1) is 8.95 Å². The van der Waals surface area contributed by atoms with Crippen LogP contribution in [-0.2, 0) is 13.2 Å². The standard InChI is InChI=1S/C16H18Br2N2O/c1-11(2)20-9-13-7-14(17)16(15(18)8-13)21-10-12-3-5-19-6-4-12/h3-8,11,20H,9-10H2,1-2H3. The largest absolute Gasteiger partial charge is 0.487 e. The van der Waals surface area contributed by atoms with Crippen molar-refractivity contribution in [3.8, 4) is 5.75 Å². The molecule has 0 saturated heterocycles. The van der Waals surface area contributed by atoms with Crippen LogP contribution >= 0.6 is 31.9 Å². The zero-order valence-corrected chi connectivity index (χ0v) is 15.2. The van der Waals surface area contributed by atoms with Gasteiger partial charge in [-0.3, -0.25) is 4.98 Å². The molecule has 1 aromatic heterocycles. The number of halogens is 2. The highest BCUT2D eigenvalue weighted by atomic mass is 79.9. The fourth-order valence-corrected chi connectivity index (χ4v) is 3.32. The van der Waals surface area contributed by atoms with Crippen LogP contribution in [0.25, 0.3) is 0 Å². The van der Waals surface area contributed by atoms with Gasteiger partial charge in [0.1, 0.15) is 12.4 Å². The Bertz CT molecular complexity index is 565. The van der Waals surface area contributed by atoms with Crippen LogP contribution in [0.2, 0.25) is 0 Å². The average molecular weight is 414 g/mol. The van der Waals surface area contributed by atoms with E-state index < -0.39 is 0 Å². The van der Waals surface area contributed by atoms with Crippen molar-refractivity contribution in [3.05, 3.63) is 56.7 Å². The summed E-state index contributed by atoms with van der Waals surface area (Å²) in [6, 6.07) is 8.53. The van der Waals surface area contributed by atoms with E-state index >= 15 is 0 Å². The van der Waals surface area contributed by atoms with Crippen molar-refractivity contribution in [1.29, 1.82) is 0 Å². The van der Waals surface area contributed by atoms with E-state index in [4.69, 9.17) is 4.74 Å². The molecule has 2 aromatic rings. The Kier molecular flexibility index (Phi) is 6.21. The highest BCUT2D eigenvalue weighted by Crippen LogP contribution is 2.35. The van der Waals surface area contributed by atoms with E-state index in [0.29, 0.717) is 12.6 Å². The molecular formula is C16H18Br2N2O. The minimum absolute atomic E-state index is 0.463. The number of aromatic nitrogens is 1. The SMILES string of the molecule is CC(C)NCc1cc(Br)c(OCc2ccncc2)c(Br)c1. The van der Waals surface area contributed by atoms with Crippen LogP contribution in [-0.4, -0.2) is 11.0 Å². The van der Waals surface area contributed by atoms with Crippen molar-refractivity contribution in [3.63, 3.8) is 0 Å². The number of pyridine rings is 1. The van der Waals surface area contributed by atoms with E-state index in [9.17, 15) is 0 Å². The summed E-state index contributed by atoms with van der Waals surface area (Å²) in [7, 11) is 0. The average Bonchev–Trinajstić information content (AvgIpc) is 2.45. The molecule has 0 radical (unpaired) electrons. The van der Waals surface area contributed by atoms with E-state index in [2.05, 4.69) is 68.1 Å². The predicted molar refractivity (Wildman–Crippen MR) is 92.4 cm³/mol. The molecule has 1 N–H and O–H groups in total. The highest BCUT2D eigenvalue weighted by Gasteiger charge is 2.09. The van der Waals surface area contributed by atoms with E-state index in [0.717, 1.165) is 26.8 Å². The molecule has 3 nitrogen and oxygen atoms in total. The topological polar surface area (TPSA) is 34.1 Å². The van der Waals surface area contributed by atoms with Gasteiger partial charge in [0.25, 0.3) is 0 Å². The zero-order valence-electron chi connectivity index (χ0n) is 12.1. The smallest absolute Gasteiger partial charge is 0.148 e. The van der Waals surface area contributed by atoms with Gasteiger partial charge < -0.3 is 10.1 Å². The summed E-state index contributed by atoms with van der Waals surface area (Å²) in [5.41, 5.74) is 2.30. The molecule has 0 unspecified atom stereocenters. The molecule has 2 rings (SSSR count). The van der Waals surface area contributed by atoms with E-state index in [1.165, 1.54) is 5.56 Å². The predicted octanol–water partition coefficient (Wildman–Crippen LogP) is 4.68.